The Labute approximate surface area is 186 Å². The molecule has 1 spiro atoms. The zero-order valence-electron chi connectivity index (χ0n) is 17.1. The van der Waals surface area contributed by atoms with Crippen LogP contribution in [-0.2, 0) is 4.74 Å². The Morgan fingerprint density at radius 1 is 1.13 bits per heavy atom. The van der Waals surface area contributed by atoms with Crippen LogP contribution in [0, 0.1) is 5.82 Å². The molecular weight excluding hydrogens is 423 g/mol. The minimum absolute atomic E-state index is 0. The summed E-state index contributed by atoms with van der Waals surface area (Å²) in [5.41, 5.74) is 6.36. The number of likely N-dealkylation sites (tertiary alicyclic amines) is 1. The van der Waals surface area contributed by atoms with Crippen molar-refractivity contribution in [2.45, 2.75) is 24.9 Å². The summed E-state index contributed by atoms with van der Waals surface area (Å²) in [6.07, 6.45) is 1.40. The molecule has 3 N–H and O–H groups in total. The molecule has 2 aromatic rings. The van der Waals surface area contributed by atoms with Gasteiger partial charge in [0.05, 0.1) is 18.8 Å². The minimum Gasteiger partial charge on any atom is -0.493 e. The minimum atomic E-state index is -0.620. The van der Waals surface area contributed by atoms with Gasteiger partial charge < -0.3 is 25.4 Å². The van der Waals surface area contributed by atoms with Crippen molar-refractivity contribution in [1.29, 1.82) is 0 Å². The van der Waals surface area contributed by atoms with Gasteiger partial charge in [-0.3, -0.25) is 0 Å². The quantitative estimate of drug-likeness (QED) is 0.679. The number of aliphatic imine (C=N–C) groups is 1. The molecule has 0 radical (unpaired) electrons. The lowest BCUT2D eigenvalue weighted by molar-refractivity contribution is 0.0824. The number of amidine groups is 1. The van der Waals surface area contributed by atoms with Crippen molar-refractivity contribution >= 4 is 30.0 Å². The normalized spacial score (nSPS) is 16.4. The Morgan fingerprint density at radius 3 is 2.61 bits per heavy atom. The van der Waals surface area contributed by atoms with Crippen molar-refractivity contribution in [1.82, 2.24) is 4.90 Å². The van der Waals surface area contributed by atoms with E-state index in [0.717, 1.165) is 5.75 Å². The molecule has 1 fully saturated rings. The molecule has 0 aliphatic carbocycles. The van der Waals surface area contributed by atoms with E-state index in [0.29, 0.717) is 56.8 Å². The van der Waals surface area contributed by atoms with E-state index in [-0.39, 0.29) is 24.3 Å². The van der Waals surface area contributed by atoms with Crippen LogP contribution in [0.25, 0.3) is 0 Å². The lowest BCUT2D eigenvalue weighted by Crippen LogP contribution is -2.52. The first-order valence-corrected chi connectivity index (χ1v) is 10.1. The smallest absolute Gasteiger partial charge is 0.409 e. The summed E-state index contributed by atoms with van der Waals surface area (Å²) in [6.45, 7) is 1.74. The largest absolute Gasteiger partial charge is 0.493 e. The first-order chi connectivity index (χ1) is 14.6. The van der Waals surface area contributed by atoms with Crippen molar-refractivity contribution in [3.63, 3.8) is 0 Å². The van der Waals surface area contributed by atoms with E-state index < -0.39 is 11.5 Å². The van der Waals surface area contributed by atoms with Gasteiger partial charge in [0.2, 0.25) is 0 Å². The maximum Gasteiger partial charge on any atom is 0.409 e. The van der Waals surface area contributed by atoms with Gasteiger partial charge in [-0.15, -0.1) is 12.4 Å². The molecule has 1 saturated heterocycles. The first-order valence-electron chi connectivity index (χ1n) is 10.1. The summed E-state index contributed by atoms with van der Waals surface area (Å²) < 4.78 is 25.0. The number of nitrogens with two attached hydrogens (primary N) is 1. The number of anilines is 1. The summed E-state index contributed by atoms with van der Waals surface area (Å²) in [5, 5.41) is 3.32. The van der Waals surface area contributed by atoms with E-state index in [1.165, 1.54) is 6.07 Å². The topological polar surface area (TPSA) is 89.2 Å². The predicted molar refractivity (Wildman–Crippen MR) is 119 cm³/mol. The number of carbonyl (C=O) groups is 1. The third-order valence-electron chi connectivity index (χ3n) is 5.35. The fourth-order valence-electron chi connectivity index (χ4n) is 3.77. The van der Waals surface area contributed by atoms with Crippen LogP contribution < -0.4 is 15.8 Å². The number of nitrogens with zero attached hydrogens (tertiary/aromatic N) is 2. The molecule has 2 aliphatic rings. The van der Waals surface area contributed by atoms with Gasteiger partial charge in [0, 0.05) is 38.0 Å². The number of para-hydroxylation sites is 1. The number of benzene rings is 2. The summed E-state index contributed by atoms with van der Waals surface area (Å²) >= 11 is 0. The molecule has 2 aromatic carbocycles. The van der Waals surface area contributed by atoms with E-state index in [1.54, 1.807) is 17.0 Å². The molecule has 166 valence electrons. The van der Waals surface area contributed by atoms with Crippen LogP contribution in [0.4, 0.5) is 14.9 Å². The van der Waals surface area contributed by atoms with Gasteiger partial charge in [-0.1, -0.05) is 24.3 Å². The van der Waals surface area contributed by atoms with Crippen LogP contribution in [0.3, 0.4) is 0 Å². The van der Waals surface area contributed by atoms with Crippen LogP contribution >= 0.6 is 12.4 Å². The van der Waals surface area contributed by atoms with Crippen LogP contribution in [0.2, 0.25) is 0 Å². The molecule has 0 saturated carbocycles. The van der Waals surface area contributed by atoms with E-state index in [2.05, 4.69) is 10.3 Å². The third kappa shape index (κ3) is 5.19. The number of rotatable bonds is 5. The number of ether oxygens (including phenoxy) is 2. The Balaban J connectivity index is 0.00000272. The molecule has 4 rings (SSSR count). The fourth-order valence-corrected chi connectivity index (χ4v) is 3.77. The number of carbonyl (C=O) groups excluding carboxylic acids is 1. The summed E-state index contributed by atoms with van der Waals surface area (Å²) in [7, 11) is 0. The number of halogens is 2. The average Bonchev–Trinajstić information content (AvgIpc) is 2.74. The average molecular weight is 449 g/mol. The third-order valence-corrected chi connectivity index (χ3v) is 5.35. The van der Waals surface area contributed by atoms with Crippen molar-refractivity contribution in [3.8, 4) is 5.75 Å². The highest BCUT2D eigenvalue weighted by atomic mass is 35.5. The van der Waals surface area contributed by atoms with E-state index in [4.69, 9.17) is 15.2 Å². The van der Waals surface area contributed by atoms with Gasteiger partial charge in [0.25, 0.3) is 0 Å². The van der Waals surface area contributed by atoms with Gasteiger partial charge in [-0.05, 0) is 24.3 Å². The highest BCUT2D eigenvalue weighted by Crippen LogP contribution is 2.35. The highest BCUT2D eigenvalue weighted by molar-refractivity contribution is 6.04. The van der Waals surface area contributed by atoms with Crippen LogP contribution in [0.5, 0.6) is 5.75 Å². The molecule has 2 heterocycles. The van der Waals surface area contributed by atoms with E-state index in [9.17, 15) is 9.18 Å². The van der Waals surface area contributed by atoms with Crippen LogP contribution in [0.1, 0.15) is 24.8 Å². The van der Waals surface area contributed by atoms with Gasteiger partial charge in [0.15, 0.2) is 0 Å². The van der Waals surface area contributed by atoms with Gasteiger partial charge in [-0.2, -0.15) is 0 Å². The monoisotopic (exact) mass is 448 g/mol. The number of nitrogens with one attached hydrogen (secondary N) is 1. The summed E-state index contributed by atoms with van der Waals surface area (Å²) in [5.74, 6) is 0.594. The Hall–Kier alpha value is -3.00. The zero-order chi connectivity index (χ0) is 21.0. The molecule has 0 unspecified atom stereocenters. The molecule has 7 nitrogen and oxygen atoms in total. The fraction of sp³-hybridized carbons (Fsp3) is 0.364. The van der Waals surface area contributed by atoms with Crippen LogP contribution in [-0.4, -0.2) is 48.8 Å². The summed E-state index contributed by atoms with van der Waals surface area (Å²) in [4.78, 5) is 18.5. The maximum absolute atomic E-state index is 14.0. The standard InChI is InChI=1S/C22H25FN4O3.ClH/c23-17-8-4-9-18-19(17)20(24)26-22(25-18)10-12-27(13-11-22)21(28)30-15-5-14-29-16-6-2-1-3-7-16;/h1-4,6-9,25H,5,10-15H2,(H2,24,26);1H. The zero-order valence-corrected chi connectivity index (χ0v) is 17.9. The number of piperidine rings is 1. The molecule has 2 aliphatic heterocycles. The second-order valence-electron chi connectivity index (χ2n) is 7.43. The SMILES string of the molecule is Cl.NC1=NC2(CCN(C(=O)OCCCOc3ccccc3)CC2)Nc2cccc(F)c21. The molecule has 1 amide bonds. The van der Waals surface area contributed by atoms with E-state index in [1.807, 2.05) is 30.3 Å². The predicted octanol–water partition coefficient (Wildman–Crippen LogP) is 3.78. The molecule has 9 heteroatoms. The number of fused-ring (bicyclic) bond motifs is 1. The molecule has 0 atom stereocenters. The molecule has 0 aromatic heterocycles. The Morgan fingerprint density at radius 2 is 1.87 bits per heavy atom. The van der Waals surface area contributed by atoms with Crippen molar-refractivity contribution < 1.29 is 18.7 Å². The Kier molecular flexibility index (Phi) is 7.22. The lowest BCUT2D eigenvalue weighted by Gasteiger charge is -2.42. The van der Waals surface area contributed by atoms with Crippen molar-refractivity contribution in [3.05, 3.63) is 59.9 Å². The van der Waals surface area contributed by atoms with Gasteiger partial charge in [-0.25, -0.2) is 14.2 Å². The molecular formula is C22H26ClFN4O3. The van der Waals surface area contributed by atoms with Crippen LogP contribution in [0.15, 0.2) is 53.5 Å². The second-order valence-corrected chi connectivity index (χ2v) is 7.43. The first kappa shape index (κ1) is 22.7. The van der Waals surface area contributed by atoms with E-state index >= 15 is 0 Å². The second kappa shape index (κ2) is 9.87. The highest BCUT2D eigenvalue weighted by Gasteiger charge is 2.39. The van der Waals surface area contributed by atoms with Gasteiger partial charge >= 0.3 is 6.09 Å². The maximum atomic E-state index is 14.0. The lowest BCUT2D eigenvalue weighted by atomic mass is 9.94. The number of hydrogen-bond acceptors (Lipinski definition) is 6. The molecule has 31 heavy (non-hydrogen) atoms. The number of amides is 1. The summed E-state index contributed by atoms with van der Waals surface area (Å²) in [6, 6.07) is 14.3. The van der Waals surface area contributed by atoms with Gasteiger partial charge in [0.1, 0.15) is 23.1 Å². The number of hydrogen-bond donors (Lipinski definition) is 2. The Bertz CT molecular complexity index is 934. The van der Waals surface area contributed by atoms with Crippen molar-refractivity contribution in [2.75, 3.05) is 31.6 Å². The molecule has 0 bridgehead atoms. The van der Waals surface area contributed by atoms with Crippen molar-refractivity contribution in [2.24, 2.45) is 10.7 Å².